The number of hydrogen-bond acceptors (Lipinski definition) is 4. The van der Waals surface area contributed by atoms with Crippen molar-refractivity contribution in [2.45, 2.75) is 52.7 Å². The molecule has 0 saturated heterocycles. The Morgan fingerprint density at radius 2 is 1.91 bits per heavy atom. The maximum Gasteiger partial charge on any atom is 0.315 e. The molecule has 0 saturated carbocycles. The van der Waals surface area contributed by atoms with E-state index in [4.69, 9.17) is 10.1 Å². The summed E-state index contributed by atoms with van der Waals surface area (Å²) in [6, 6.07) is 7.73. The van der Waals surface area contributed by atoms with Crippen molar-refractivity contribution < 1.29 is 9.53 Å². The van der Waals surface area contributed by atoms with Crippen molar-refractivity contribution in [2.75, 3.05) is 0 Å². The van der Waals surface area contributed by atoms with Crippen LogP contribution in [0, 0.1) is 18.3 Å². The summed E-state index contributed by atoms with van der Waals surface area (Å²) in [6.07, 6.45) is -0.175. The normalized spacial score (nSPS) is 25.1. The van der Waals surface area contributed by atoms with Crippen LogP contribution >= 0.6 is 0 Å². The third-order valence-corrected chi connectivity index (χ3v) is 4.10. The summed E-state index contributed by atoms with van der Waals surface area (Å²) < 4.78 is 5.42. The average Bonchev–Trinajstić information content (AvgIpc) is 2.42. The zero-order valence-electron chi connectivity index (χ0n) is 13.9. The first-order chi connectivity index (χ1) is 10.3. The van der Waals surface area contributed by atoms with E-state index in [0.29, 0.717) is 5.71 Å². The van der Waals surface area contributed by atoms with E-state index in [1.165, 1.54) is 0 Å². The number of carbonyl (C=O) groups excluding carboxylic acids is 1. The van der Waals surface area contributed by atoms with E-state index < -0.39 is 5.92 Å². The van der Waals surface area contributed by atoms with Gasteiger partial charge >= 0.3 is 5.97 Å². The molecule has 118 valence electrons. The van der Waals surface area contributed by atoms with E-state index in [2.05, 4.69) is 4.99 Å². The maximum atomic E-state index is 12.6. The predicted octanol–water partition coefficient (Wildman–Crippen LogP) is 3.53. The van der Waals surface area contributed by atoms with E-state index >= 15 is 0 Å². The van der Waals surface area contributed by atoms with Crippen molar-refractivity contribution in [3.8, 4) is 0 Å². The largest absolute Gasteiger partial charge is 0.462 e. The number of carbonyl (C=O) groups is 1. The van der Waals surface area contributed by atoms with Gasteiger partial charge in [0.15, 0.2) is 0 Å². The minimum Gasteiger partial charge on any atom is -0.462 e. The van der Waals surface area contributed by atoms with Gasteiger partial charge in [-0.05, 0) is 45.7 Å². The van der Waals surface area contributed by atoms with Gasteiger partial charge in [-0.2, -0.15) is 0 Å². The molecule has 0 spiro atoms. The topological polar surface area (TPSA) is 62.5 Å². The molecule has 0 aliphatic carbocycles. The predicted molar refractivity (Wildman–Crippen MR) is 88.9 cm³/mol. The number of aryl methyl sites for hydroxylation is 1. The second-order valence-corrected chi connectivity index (χ2v) is 6.20. The van der Waals surface area contributed by atoms with Crippen molar-refractivity contribution in [1.29, 1.82) is 5.41 Å². The summed E-state index contributed by atoms with van der Waals surface area (Å²) in [4.78, 5) is 17.0. The van der Waals surface area contributed by atoms with E-state index in [0.717, 1.165) is 16.8 Å². The molecule has 1 heterocycles. The summed E-state index contributed by atoms with van der Waals surface area (Å²) >= 11 is 0. The fraction of sp³-hybridized carbons (Fsp3) is 0.500. The van der Waals surface area contributed by atoms with Crippen molar-refractivity contribution in [3.63, 3.8) is 0 Å². The van der Waals surface area contributed by atoms with Gasteiger partial charge in [0, 0.05) is 17.3 Å². The number of ether oxygens (including phenoxy) is 1. The molecule has 1 aliphatic rings. The summed E-state index contributed by atoms with van der Waals surface area (Å²) in [7, 11) is 0. The van der Waals surface area contributed by atoms with Gasteiger partial charge in [-0.15, -0.1) is 0 Å². The zero-order valence-corrected chi connectivity index (χ0v) is 13.9. The Morgan fingerprint density at radius 3 is 2.50 bits per heavy atom. The number of benzene rings is 1. The number of aliphatic imine (C=N–C) groups is 1. The van der Waals surface area contributed by atoms with E-state index in [1.807, 2.05) is 58.9 Å². The van der Waals surface area contributed by atoms with Gasteiger partial charge in [-0.3, -0.25) is 9.79 Å². The molecule has 1 aromatic rings. The van der Waals surface area contributed by atoms with Crippen LogP contribution in [0.3, 0.4) is 0 Å². The lowest BCUT2D eigenvalue weighted by Gasteiger charge is -2.34. The van der Waals surface area contributed by atoms with Crippen molar-refractivity contribution >= 4 is 17.4 Å². The molecule has 0 aromatic heterocycles. The molecule has 4 nitrogen and oxygen atoms in total. The van der Waals surface area contributed by atoms with Gasteiger partial charge in [-0.25, -0.2) is 0 Å². The van der Waals surface area contributed by atoms with Gasteiger partial charge in [0.1, 0.15) is 5.92 Å². The molecular formula is C18H24N2O2. The second-order valence-electron chi connectivity index (χ2n) is 6.20. The molecule has 4 heteroatoms. The van der Waals surface area contributed by atoms with E-state index in [9.17, 15) is 4.79 Å². The Labute approximate surface area is 132 Å². The Bertz CT molecular complexity index is 619. The molecule has 0 fully saturated rings. The van der Waals surface area contributed by atoms with E-state index in [-0.39, 0.29) is 24.0 Å². The lowest BCUT2D eigenvalue weighted by Crippen LogP contribution is -2.42. The van der Waals surface area contributed by atoms with Crippen LogP contribution < -0.4 is 0 Å². The highest BCUT2D eigenvalue weighted by Gasteiger charge is 2.41. The number of nitrogens with zero attached hydrogens (tertiary/aromatic N) is 1. The summed E-state index contributed by atoms with van der Waals surface area (Å²) in [5, 5.41) is 8.47. The van der Waals surface area contributed by atoms with Crippen molar-refractivity contribution in [1.82, 2.24) is 0 Å². The molecular weight excluding hydrogens is 276 g/mol. The van der Waals surface area contributed by atoms with Crippen LogP contribution in [0.2, 0.25) is 0 Å². The molecule has 3 atom stereocenters. The molecule has 3 unspecified atom stereocenters. The molecule has 0 amide bonds. The van der Waals surface area contributed by atoms with Crippen LogP contribution in [-0.2, 0) is 9.53 Å². The number of nitrogens with one attached hydrogen (secondary N) is 1. The first-order valence-corrected chi connectivity index (χ1v) is 7.71. The highest BCUT2D eigenvalue weighted by atomic mass is 16.5. The number of esters is 1. The van der Waals surface area contributed by atoms with Gasteiger partial charge in [-0.1, -0.05) is 24.3 Å². The van der Waals surface area contributed by atoms with Crippen LogP contribution in [0.4, 0.5) is 0 Å². The van der Waals surface area contributed by atoms with Crippen molar-refractivity contribution in [2.24, 2.45) is 10.9 Å². The maximum absolute atomic E-state index is 12.6. The Hall–Kier alpha value is -1.97. The quantitative estimate of drug-likeness (QED) is 0.868. The lowest BCUT2D eigenvalue weighted by atomic mass is 9.74. The monoisotopic (exact) mass is 300 g/mol. The molecule has 0 radical (unpaired) electrons. The molecule has 0 bridgehead atoms. The van der Waals surface area contributed by atoms with Gasteiger partial charge in [0.25, 0.3) is 0 Å². The van der Waals surface area contributed by atoms with Crippen LogP contribution in [-0.4, -0.2) is 29.5 Å². The van der Waals surface area contributed by atoms with Crippen molar-refractivity contribution in [3.05, 3.63) is 35.4 Å². The Morgan fingerprint density at radius 1 is 1.27 bits per heavy atom. The van der Waals surface area contributed by atoms with Crippen LogP contribution in [0.1, 0.15) is 44.7 Å². The lowest BCUT2D eigenvalue weighted by molar-refractivity contribution is -0.150. The SMILES string of the molecule is CC1=NC(C)C(=N)C(c2ccccc2C)C1C(=O)OC(C)C. The standard InChI is InChI=1S/C18H24N2O2/c1-10(2)22-18(21)15-12(4)20-13(5)17(19)16(15)14-9-7-6-8-11(14)3/h6-10,13,15-16,19H,1-5H3. The van der Waals surface area contributed by atoms with E-state index in [1.54, 1.807) is 0 Å². The summed E-state index contributed by atoms with van der Waals surface area (Å²) in [6.45, 7) is 9.45. The summed E-state index contributed by atoms with van der Waals surface area (Å²) in [5.74, 6) is -1.09. The molecule has 2 rings (SSSR count). The first kappa shape index (κ1) is 16.4. The first-order valence-electron chi connectivity index (χ1n) is 7.71. The highest BCUT2D eigenvalue weighted by molar-refractivity contribution is 6.12. The second kappa shape index (κ2) is 6.42. The molecule has 22 heavy (non-hydrogen) atoms. The molecule has 1 aromatic carbocycles. The van der Waals surface area contributed by atoms with Gasteiger partial charge in [0.2, 0.25) is 0 Å². The molecule has 1 N–H and O–H groups in total. The van der Waals surface area contributed by atoms with Crippen LogP contribution in [0.25, 0.3) is 0 Å². The van der Waals surface area contributed by atoms with Gasteiger partial charge < -0.3 is 10.1 Å². The minimum atomic E-state index is -0.507. The summed E-state index contributed by atoms with van der Waals surface area (Å²) in [5.41, 5.74) is 3.33. The Kier molecular flexibility index (Phi) is 4.79. The van der Waals surface area contributed by atoms with Crippen LogP contribution in [0.15, 0.2) is 29.3 Å². The zero-order chi connectivity index (χ0) is 16.4. The third-order valence-electron chi connectivity index (χ3n) is 4.10. The fourth-order valence-corrected chi connectivity index (χ4v) is 3.03. The highest BCUT2D eigenvalue weighted by Crippen LogP contribution is 2.35. The minimum absolute atomic E-state index is 0.175. The average molecular weight is 300 g/mol. The third kappa shape index (κ3) is 3.11. The number of hydrogen-bond donors (Lipinski definition) is 1. The molecule has 1 aliphatic heterocycles. The Balaban J connectivity index is 2.50. The van der Waals surface area contributed by atoms with Crippen LogP contribution in [0.5, 0.6) is 0 Å². The smallest absolute Gasteiger partial charge is 0.315 e. The fourth-order valence-electron chi connectivity index (χ4n) is 3.03. The number of rotatable bonds is 3. The van der Waals surface area contributed by atoms with Gasteiger partial charge in [0.05, 0.1) is 12.1 Å².